The van der Waals surface area contributed by atoms with Gasteiger partial charge in [0.2, 0.25) is 5.91 Å². The summed E-state index contributed by atoms with van der Waals surface area (Å²) in [6.07, 6.45) is 1.55. The first kappa shape index (κ1) is 10.2. The lowest BCUT2D eigenvalue weighted by molar-refractivity contribution is -0.118. The van der Waals surface area contributed by atoms with E-state index in [2.05, 4.69) is 10.4 Å². The van der Waals surface area contributed by atoms with E-state index >= 15 is 0 Å². The molecule has 0 aliphatic heterocycles. The minimum Gasteiger partial charge on any atom is -0.321 e. The molecular weight excluding hydrogens is 192 g/mol. The topological polar surface area (TPSA) is 72.9 Å². The van der Waals surface area contributed by atoms with E-state index in [0.717, 1.165) is 29.9 Å². The van der Waals surface area contributed by atoms with E-state index in [1.54, 1.807) is 4.68 Å². The summed E-state index contributed by atoms with van der Waals surface area (Å²) in [7, 11) is 1.85. The lowest BCUT2D eigenvalue weighted by Gasteiger charge is -2.10. The molecule has 0 saturated heterocycles. The summed E-state index contributed by atoms with van der Waals surface area (Å²) in [6.45, 7) is 3.80. The molecule has 1 aromatic rings. The standard InChI is InChI=1S/C10H16N4O/c1-6-8(7(2)14(3)13-6)12-9(15)10(11)4-5-10/h4-5,11H2,1-3H3,(H,12,15). The van der Waals surface area contributed by atoms with E-state index < -0.39 is 5.54 Å². The zero-order valence-electron chi connectivity index (χ0n) is 9.29. The van der Waals surface area contributed by atoms with Gasteiger partial charge in [0.1, 0.15) is 0 Å². The Balaban J connectivity index is 2.20. The van der Waals surface area contributed by atoms with Crippen LogP contribution in [-0.2, 0) is 11.8 Å². The molecule has 5 heteroatoms. The van der Waals surface area contributed by atoms with E-state index in [-0.39, 0.29) is 5.91 Å². The molecule has 82 valence electrons. The van der Waals surface area contributed by atoms with Crippen molar-refractivity contribution < 1.29 is 4.79 Å². The summed E-state index contributed by atoms with van der Waals surface area (Å²) in [5.74, 6) is -0.0956. The van der Waals surface area contributed by atoms with Gasteiger partial charge in [0.05, 0.1) is 22.6 Å². The Morgan fingerprint density at radius 2 is 2.13 bits per heavy atom. The molecule has 0 atom stereocenters. The molecule has 5 nitrogen and oxygen atoms in total. The van der Waals surface area contributed by atoms with Crippen molar-refractivity contribution >= 4 is 11.6 Å². The van der Waals surface area contributed by atoms with Crippen LogP contribution in [0.1, 0.15) is 24.2 Å². The van der Waals surface area contributed by atoms with Gasteiger partial charge in [-0.2, -0.15) is 5.10 Å². The summed E-state index contributed by atoms with van der Waals surface area (Å²) in [4.78, 5) is 11.7. The monoisotopic (exact) mass is 208 g/mol. The van der Waals surface area contributed by atoms with Crippen LogP contribution in [0.5, 0.6) is 0 Å². The molecule has 1 amide bonds. The van der Waals surface area contributed by atoms with Crippen LogP contribution in [0.4, 0.5) is 5.69 Å². The maximum atomic E-state index is 11.7. The number of rotatable bonds is 2. The quantitative estimate of drug-likeness (QED) is 0.742. The Labute approximate surface area is 88.6 Å². The zero-order valence-corrected chi connectivity index (χ0v) is 9.29. The van der Waals surface area contributed by atoms with E-state index in [9.17, 15) is 4.79 Å². The highest BCUT2D eigenvalue weighted by Gasteiger charge is 2.46. The van der Waals surface area contributed by atoms with E-state index in [0.29, 0.717) is 0 Å². The average molecular weight is 208 g/mol. The molecule has 0 radical (unpaired) electrons. The number of carbonyl (C=O) groups excluding carboxylic acids is 1. The van der Waals surface area contributed by atoms with Gasteiger partial charge in [-0.1, -0.05) is 0 Å². The fourth-order valence-corrected chi connectivity index (χ4v) is 1.55. The first-order valence-corrected chi connectivity index (χ1v) is 5.04. The molecule has 1 aromatic heterocycles. The number of carbonyl (C=O) groups is 1. The van der Waals surface area contributed by atoms with Crippen molar-refractivity contribution in [3.63, 3.8) is 0 Å². The number of nitrogens with one attached hydrogen (secondary N) is 1. The second-order valence-corrected chi connectivity index (χ2v) is 4.28. The minimum absolute atomic E-state index is 0.0956. The molecule has 3 N–H and O–H groups in total. The van der Waals surface area contributed by atoms with Gasteiger partial charge in [-0.25, -0.2) is 0 Å². The van der Waals surface area contributed by atoms with Gasteiger partial charge in [-0.15, -0.1) is 0 Å². The summed E-state index contributed by atoms with van der Waals surface area (Å²) >= 11 is 0. The van der Waals surface area contributed by atoms with Crippen molar-refractivity contribution in [2.75, 3.05) is 5.32 Å². The summed E-state index contributed by atoms with van der Waals surface area (Å²) in [5.41, 5.74) is 7.74. The van der Waals surface area contributed by atoms with E-state index in [1.165, 1.54) is 0 Å². The number of anilines is 1. The van der Waals surface area contributed by atoms with Gasteiger partial charge in [-0.3, -0.25) is 9.48 Å². The van der Waals surface area contributed by atoms with Gasteiger partial charge in [0.15, 0.2) is 0 Å². The van der Waals surface area contributed by atoms with Crippen molar-refractivity contribution in [3.8, 4) is 0 Å². The van der Waals surface area contributed by atoms with Crippen LogP contribution >= 0.6 is 0 Å². The highest BCUT2D eigenvalue weighted by molar-refractivity contribution is 6.00. The number of aromatic nitrogens is 2. The lowest BCUT2D eigenvalue weighted by Crippen LogP contribution is -2.38. The molecule has 0 bridgehead atoms. The zero-order chi connectivity index (χ0) is 11.2. The van der Waals surface area contributed by atoms with Gasteiger partial charge in [-0.05, 0) is 26.7 Å². The number of aryl methyl sites for hydroxylation is 2. The van der Waals surface area contributed by atoms with Crippen LogP contribution in [0, 0.1) is 13.8 Å². The summed E-state index contributed by atoms with van der Waals surface area (Å²) in [6, 6.07) is 0. The molecule has 0 unspecified atom stereocenters. The minimum atomic E-state index is -0.630. The molecule has 1 aliphatic rings. The van der Waals surface area contributed by atoms with E-state index in [1.807, 2.05) is 20.9 Å². The van der Waals surface area contributed by atoms with Gasteiger partial charge < -0.3 is 11.1 Å². The summed E-state index contributed by atoms with van der Waals surface area (Å²) < 4.78 is 1.75. The van der Waals surface area contributed by atoms with Crippen LogP contribution in [-0.4, -0.2) is 21.2 Å². The molecule has 0 aromatic carbocycles. The molecule has 1 aliphatic carbocycles. The Morgan fingerprint density at radius 1 is 1.53 bits per heavy atom. The predicted molar refractivity (Wildman–Crippen MR) is 57.5 cm³/mol. The Hall–Kier alpha value is -1.36. The Morgan fingerprint density at radius 3 is 2.53 bits per heavy atom. The third-order valence-electron chi connectivity index (χ3n) is 2.99. The van der Waals surface area contributed by atoms with Crippen LogP contribution in [0.15, 0.2) is 0 Å². The molecular formula is C10H16N4O. The maximum absolute atomic E-state index is 11.7. The SMILES string of the molecule is Cc1nn(C)c(C)c1NC(=O)C1(N)CC1. The van der Waals surface area contributed by atoms with E-state index in [4.69, 9.17) is 5.73 Å². The van der Waals surface area contributed by atoms with Crippen molar-refractivity contribution in [3.05, 3.63) is 11.4 Å². The smallest absolute Gasteiger partial charge is 0.244 e. The second-order valence-electron chi connectivity index (χ2n) is 4.28. The van der Waals surface area contributed by atoms with Gasteiger partial charge in [0.25, 0.3) is 0 Å². The molecule has 15 heavy (non-hydrogen) atoms. The van der Waals surface area contributed by atoms with Crippen molar-refractivity contribution in [1.82, 2.24) is 9.78 Å². The largest absolute Gasteiger partial charge is 0.321 e. The molecule has 1 heterocycles. The third kappa shape index (κ3) is 1.63. The second kappa shape index (κ2) is 3.06. The Bertz CT molecular complexity index is 417. The number of nitrogens with two attached hydrogens (primary N) is 1. The molecule has 0 spiro atoms. The number of hydrogen-bond acceptors (Lipinski definition) is 3. The average Bonchev–Trinajstić information content (AvgIpc) is 2.87. The van der Waals surface area contributed by atoms with Crippen molar-refractivity contribution in [2.45, 2.75) is 32.2 Å². The van der Waals surface area contributed by atoms with Crippen molar-refractivity contribution in [1.29, 1.82) is 0 Å². The molecule has 2 rings (SSSR count). The fraction of sp³-hybridized carbons (Fsp3) is 0.600. The predicted octanol–water partition coefficient (Wildman–Crippen LogP) is 0.467. The van der Waals surface area contributed by atoms with Crippen molar-refractivity contribution in [2.24, 2.45) is 12.8 Å². The first-order valence-electron chi connectivity index (χ1n) is 5.04. The third-order valence-corrected chi connectivity index (χ3v) is 2.99. The number of hydrogen-bond donors (Lipinski definition) is 2. The molecule has 1 fully saturated rings. The number of nitrogens with zero attached hydrogens (tertiary/aromatic N) is 2. The van der Waals surface area contributed by atoms with Crippen LogP contribution < -0.4 is 11.1 Å². The molecule has 1 saturated carbocycles. The normalized spacial score (nSPS) is 17.6. The number of amides is 1. The van der Waals surface area contributed by atoms with Gasteiger partial charge >= 0.3 is 0 Å². The summed E-state index contributed by atoms with van der Waals surface area (Å²) in [5, 5.41) is 7.08. The van der Waals surface area contributed by atoms with Crippen LogP contribution in [0.2, 0.25) is 0 Å². The van der Waals surface area contributed by atoms with Crippen LogP contribution in [0.25, 0.3) is 0 Å². The first-order chi connectivity index (χ1) is 6.94. The fourth-order valence-electron chi connectivity index (χ4n) is 1.55. The highest BCUT2D eigenvalue weighted by atomic mass is 16.2. The maximum Gasteiger partial charge on any atom is 0.244 e. The highest BCUT2D eigenvalue weighted by Crippen LogP contribution is 2.34. The van der Waals surface area contributed by atoms with Crippen LogP contribution in [0.3, 0.4) is 0 Å². The lowest BCUT2D eigenvalue weighted by atomic mass is 10.2. The Kier molecular flexibility index (Phi) is 2.08. The van der Waals surface area contributed by atoms with Gasteiger partial charge in [0, 0.05) is 7.05 Å².